The second-order valence-electron chi connectivity index (χ2n) is 35.6. The first kappa shape index (κ1) is 72.1. The Hall–Kier alpha value is -9.23. The van der Waals surface area contributed by atoms with E-state index in [1.807, 2.05) is 0 Å². The Morgan fingerprint density at radius 3 is 1.15 bits per heavy atom. The van der Waals surface area contributed by atoms with Crippen LogP contribution in [0.1, 0.15) is 189 Å². The van der Waals surface area contributed by atoms with E-state index in [0.717, 1.165) is 119 Å². The van der Waals surface area contributed by atoms with Crippen LogP contribution in [0.5, 0.6) is 0 Å². The number of ether oxygens (including phenoxy) is 1. The molecule has 2 N–H and O–H groups in total. The van der Waals surface area contributed by atoms with Crippen molar-refractivity contribution in [1.29, 1.82) is 0 Å². The molecule has 2 aliphatic rings. The largest absolute Gasteiger partial charge is 0.466 e. The number of benzene rings is 8. The predicted octanol–water partition coefficient (Wildman–Crippen LogP) is 23.8. The number of esters is 1. The van der Waals surface area contributed by atoms with Crippen LogP contribution in [0.4, 0.5) is 0 Å². The Morgan fingerprint density at radius 2 is 0.738 bits per heavy atom. The molecule has 0 atom stereocenters. The van der Waals surface area contributed by atoms with Gasteiger partial charge in [0.25, 0.3) is 0 Å². The van der Waals surface area contributed by atoms with Crippen molar-refractivity contribution < 1.29 is 14.0 Å². The molecular weight excluding hydrogens is 1280 g/mol. The maximum absolute atomic E-state index is 12.9. The number of nitrogens with one attached hydrogen (secondary N) is 2. The van der Waals surface area contributed by atoms with E-state index >= 15 is 0 Å². The van der Waals surface area contributed by atoms with Crippen molar-refractivity contribution in [3.63, 3.8) is 0 Å². The van der Waals surface area contributed by atoms with Crippen molar-refractivity contribution in [2.75, 3.05) is 13.7 Å². The van der Waals surface area contributed by atoms with E-state index in [0.29, 0.717) is 65.3 Å². The molecule has 0 saturated heterocycles. The number of aromatic amines is 2. The summed E-state index contributed by atoms with van der Waals surface area (Å²) in [6.07, 6.45) is 3.60. The second kappa shape index (κ2) is 26.8. The van der Waals surface area contributed by atoms with E-state index in [9.17, 15) is 4.79 Å². The van der Waals surface area contributed by atoms with Gasteiger partial charge in [-0.1, -0.05) is 283 Å². The SMILES string of the molecule is CO[Si](C)(C)CCCCC(=O)OCCCc1cccc(-c2cccc3c2-c2nc-3nc3[nH]c(nc4nc(nc5[nH]c(n2)c2cccc(-c6cc(C(C)(C)C)cc(C(C)(C)C)c6)c52)-c2cccc(-c5cc(C(C)(C)C)cc(C(C)(C)C)c5)c2-4)c2cccc(-c4cc(C(C)(C)C)cc(C(C)(C)C)c4)c32)c1. The van der Waals surface area contributed by atoms with Crippen molar-refractivity contribution in [1.82, 2.24) is 39.9 Å². The summed E-state index contributed by atoms with van der Waals surface area (Å²) < 4.78 is 11.5. The summed E-state index contributed by atoms with van der Waals surface area (Å²) in [5, 5.41) is 3.61. The van der Waals surface area contributed by atoms with Crippen LogP contribution in [-0.4, -0.2) is 67.9 Å². The molecule has 0 spiro atoms. The van der Waals surface area contributed by atoms with E-state index in [4.69, 9.17) is 39.1 Å². The molecule has 13 rings (SSSR count). The summed E-state index contributed by atoms with van der Waals surface area (Å²) in [5.74, 6) is 1.95. The molecular formula is C91H104N8O3Si. The topological polar surface area (TPSA) is 144 Å². The molecule has 0 radical (unpaired) electrons. The quantitative estimate of drug-likeness (QED) is 0.0617. The summed E-state index contributed by atoms with van der Waals surface area (Å²) in [6, 6.07) is 57.0. The number of carbonyl (C=O) groups is 1. The molecule has 0 fully saturated rings. The standard InChI is InChI=1S/C91H104N8O3Si/c1-86(2,3)59-45-56(46-60(51-59)87(4,5)6)66-34-26-38-70-75(66)84-95-79(70)93-82-74-65(55-32-24-30-54(44-55)31-29-42-102-73(100)41-22-23-43-103(20,21)101-19)33-25-37-69(74)78(92-82)94-83-76-67(57-47-61(88(7,8)9)52-62(48-57)89(10,11)12)35-27-39-71(76)80(96-83)98-85-77-68(36-28-40-72(77)81(97-84)99-85)58-49-63(90(13,14)15)53-64(50-58)91(16,17)18/h24-28,30,32-40,44-53H,22-23,29,31,41-43H2,1-21H3,(H2,92,93,94,95,96,97,98,99). The summed E-state index contributed by atoms with van der Waals surface area (Å²) in [4.78, 5) is 55.2. The number of rotatable bonds is 14. The Balaban J connectivity index is 1.10. The third-order valence-electron chi connectivity index (χ3n) is 20.9. The zero-order valence-corrected chi connectivity index (χ0v) is 65.8. The molecule has 12 heteroatoms. The second-order valence-corrected chi connectivity index (χ2v) is 40.0. The van der Waals surface area contributed by atoms with Crippen LogP contribution in [0.3, 0.4) is 0 Å². The van der Waals surface area contributed by atoms with Crippen molar-refractivity contribution in [2.24, 2.45) is 0 Å². The number of hydrogen-bond donors (Lipinski definition) is 2. The summed E-state index contributed by atoms with van der Waals surface area (Å²) >= 11 is 0. The van der Waals surface area contributed by atoms with Gasteiger partial charge in [0, 0.05) is 57.3 Å². The minimum absolute atomic E-state index is 0.139. The zero-order valence-electron chi connectivity index (χ0n) is 64.8. The van der Waals surface area contributed by atoms with Crippen molar-refractivity contribution in [3.8, 4) is 90.1 Å². The maximum atomic E-state index is 12.9. The third kappa shape index (κ3) is 14.9. The summed E-state index contributed by atoms with van der Waals surface area (Å²) in [7, 11) is 0.118. The lowest BCUT2D eigenvalue weighted by Crippen LogP contribution is -2.27. The van der Waals surface area contributed by atoms with Crippen LogP contribution in [0.2, 0.25) is 19.1 Å². The van der Waals surface area contributed by atoms with Gasteiger partial charge in [-0.15, -0.1) is 0 Å². The number of aromatic nitrogens is 8. The summed E-state index contributed by atoms with van der Waals surface area (Å²) in [5.41, 5.74) is 22.0. The van der Waals surface area contributed by atoms with Gasteiger partial charge < -0.3 is 19.1 Å². The lowest BCUT2D eigenvalue weighted by atomic mass is 9.78. The molecule has 8 aromatic carbocycles. The Morgan fingerprint density at radius 1 is 0.379 bits per heavy atom. The number of aryl methyl sites for hydroxylation is 1. The van der Waals surface area contributed by atoms with Gasteiger partial charge in [0.1, 0.15) is 22.6 Å². The van der Waals surface area contributed by atoms with Gasteiger partial charge in [-0.05, 0) is 154 Å². The van der Waals surface area contributed by atoms with Crippen LogP contribution in [0.25, 0.3) is 134 Å². The molecule has 2 aliphatic heterocycles. The monoisotopic (exact) mass is 1380 g/mol. The molecule has 11 aromatic rings. The third-order valence-corrected chi connectivity index (χ3v) is 23.6. The first-order valence-corrected chi connectivity index (χ1v) is 40.2. The molecule has 5 heterocycles. The van der Waals surface area contributed by atoms with E-state index in [-0.39, 0.29) is 38.5 Å². The minimum atomic E-state index is -1.68. The number of nitrogens with zero attached hydrogens (tertiary/aromatic N) is 6. The molecule has 0 saturated carbocycles. The van der Waals surface area contributed by atoms with Crippen molar-refractivity contribution >= 4 is 58.4 Å². The van der Waals surface area contributed by atoms with Gasteiger partial charge in [-0.3, -0.25) is 4.79 Å². The number of hydrogen-bond acceptors (Lipinski definition) is 9. The van der Waals surface area contributed by atoms with Crippen LogP contribution in [0.15, 0.2) is 152 Å². The minimum Gasteiger partial charge on any atom is -0.466 e. The molecule has 103 heavy (non-hydrogen) atoms. The van der Waals surface area contributed by atoms with E-state index in [1.165, 1.54) is 33.4 Å². The molecule has 530 valence electrons. The number of fused-ring (bicyclic) bond motifs is 20. The summed E-state index contributed by atoms with van der Waals surface area (Å²) in [6.45, 7) is 46.0. The van der Waals surface area contributed by atoms with Gasteiger partial charge in [-0.2, -0.15) is 0 Å². The highest BCUT2D eigenvalue weighted by Gasteiger charge is 2.32. The average molecular weight is 1390 g/mol. The first-order chi connectivity index (χ1) is 48.4. The maximum Gasteiger partial charge on any atom is 0.305 e. The lowest BCUT2D eigenvalue weighted by molar-refractivity contribution is -0.143. The van der Waals surface area contributed by atoms with Crippen LogP contribution < -0.4 is 0 Å². The van der Waals surface area contributed by atoms with E-state index in [1.54, 1.807) is 7.11 Å². The van der Waals surface area contributed by atoms with E-state index < -0.39 is 8.32 Å². The molecule has 0 aliphatic carbocycles. The first-order valence-electron chi connectivity index (χ1n) is 37.0. The van der Waals surface area contributed by atoms with Crippen LogP contribution in [0, 0.1) is 0 Å². The molecule has 0 unspecified atom stereocenters. The van der Waals surface area contributed by atoms with E-state index in [2.05, 4.69) is 299 Å². The Bertz CT molecular complexity index is 5160. The van der Waals surface area contributed by atoms with Crippen LogP contribution in [-0.2, 0) is 52.9 Å². The number of unbranched alkanes of at least 4 members (excludes halogenated alkanes) is 1. The predicted molar refractivity (Wildman–Crippen MR) is 432 cm³/mol. The average Bonchev–Trinajstić information content (AvgIpc) is 1.60. The molecule has 0 amide bonds. The van der Waals surface area contributed by atoms with Gasteiger partial charge >= 0.3 is 5.97 Å². The smallest absolute Gasteiger partial charge is 0.305 e. The highest BCUT2D eigenvalue weighted by atomic mass is 28.4. The molecule has 11 nitrogen and oxygen atoms in total. The number of H-pyrrole nitrogens is 2. The fourth-order valence-corrected chi connectivity index (χ4v) is 15.6. The van der Waals surface area contributed by atoms with Gasteiger partial charge in [0.2, 0.25) is 0 Å². The highest BCUT2D eigenvalue weighted by molar-refractivity contribution is 6.71. The Labute approximate surface area is 611 Å². The van der Waals surface area contributed by atoms with Crippen molar-refractivity contribution in [2.45, 2.75) is 208 Å². The fraction of sp³-hybridized carbons (Fsp3) is 0.374. The van der Waals surface area contributed by atoms with Crippen molar-refractivity contribution in [3.05, 3.63) is 191 Å². The van der Waals surface area contributed by atoms with Gasteiger partial charge in [0.15, 0.2) is 31.6 Å². The van der Waals surface area contributed by atoms with Gasteiger partial charge in [-0.25, -0.2) is 29.9 Å². The molecule has 8 bridgehead atoms. The zero-order chi connectivity index (χ0) is 73.7. The lowest BCUT2D eigenvalue weighted by Gasteiger charge is -2.26. The Kier molecular flexibility index (Phi) is 18.8. The highest BCUT2D eigenvalue weighted by Crippen LogP contribution is 2.48. The molecule has 3 aromatic heterocycles. The van der Waals surface area contributed by atoms with Crippen LogP contribution >= 0.6 is 0 Å². The normalized spacial score (nSPS) is 13.1. The number of carbonyl (C=O) groups excluding carboxylic acids is 1. The van der Waals surface area contributed by atoms with Gasteiger partial charge in [0.05, 0.1) is 6.61 Å². The fourth-order valence-electron chi connectivity index (χ4n) is 14.2.